The number of nitrogens with zero attached hydrogens (tertiary/aromatic N) is 5. The zero-order chi connectivity index (χ0) is 19.0. The van der Waals surface area contributed by atoms with Crippen LogP contribution < -0.4 is 20.1 Å². The minimum atomic E-state index is -0.830. The van der Waals surface area contributed by atoms with Crippen molar-refractivity contribution in [3.63, 3.8) is 0 Å². The summed E-state index contributed by atoms with van der Waals surface area (Å²) >= 11 is 0. The number of anilines is 1. The van der Waals surface area contributed by atoms with Gasteiger partial charge in [-0.25, -0.2) is 19.3 Å². The highest BCUT2D eigenvalue weighted by molar-refractivity contribution is 5.68. The molecule has 8 nitrogen and oxygen atoms in total. The fourth-order valence-electron chi connectivity index (χ4n) is 3.43. The first-order chi connectivity index (χ1) is 13.1. The van der Waals surface area contributed by atoms with E-state index in [1.54, 1.807) is 18.3 Å². The van der Waals surface area contributed by atoms with Gasteiger partial charge < -0.3 is 20.1 Å². The third kappa shape index (κ3) is 3.13. The van der Waals surface area contributed by atoms with Crippen LogP contribution in [0.4, 0.5) is 10.2 Å². The van der Waals surface area contributed by atoms with E-state index in [4.69, 9.17) is 15.2 Å². The average Bonchev–Trinajstić information content (AvgIpc) is 3.40. The maximum atomic E-state index is 14.4. The molecule has 2 aromatic rings. The van der Waals surface area contributed by atoms with E-state index in [1.807, 2.05) is 4.90 Å². The minimum absolute atomic E-state index is 0.197. The minimum Gasteiger partial charge on any atom is -0.480 e. The molecule has 1 aliphatic heterocycles. The summed E-state index contributed by atoms with van der Waals surface area (Å²) in [7, 11) is 2.99. The Bertz CT molecular complexity index is 886. The largest absolute Gasteiger partial charge is 0.480 e. The molecule has 142 valence electrons. The molecular formula is C18H21FN6O2. The normalized spacial score (nSPS) is 20.4. The molecule has 1 unspecified atom stereocenters. The zero-order valence-corrected chi connectivity index (χ0v) is 15.2. The molecular weight excluding hydrogens is 351 g/mol. The van der Waals surface area contributed by atoms with Crippen molar-refractivity contribution in [2.45, 2.75) is 19.0 Å². The van der Waals surface area contributed by atoms with Crippen LogP contribution in [0.2, 0.25) is 0 Å². The van der Waals surface area contributed by atoms with Gasteiger partial charge >= 0.3 is 6.01 Å². The average molecular weight is 372 g/mol. The van der Waals surface area contributed by atoms with Gasteiger partial charge in [0.2, 0.25) is 5.88 Å². The van der Waals surface area contributed by atoms with Crippen LogP contribution in [0.5, 0.6) is 11.9 Å². The quantitative estimate of drug-likeness (QED) is 0.848. The number of rotatable bonds is 5. The first-order valence-electron chi connectivity index (χ1n) is 8.70. The SMILES string of the molecule is COc1ncc(-c2cc(N3CC(F)C4(CC4)C3)nc(C=CN)n2)c(OC)n1. The van der Waals surface area contributed by atoms with E-state index < -0.39 is 6.17 Å². The van der Waals surface area contributed by atoms with Gasteiger partial charge in [-0.05, 0) is 25.1 Å². The maximum absolute atomic E-state index is 14.4. The molecule has 2 aliphatic rings. The molecule has 27 heavy (non-hydrogen) atoms. The Kier molecular flexibility index (Phi) is 4.29. The zero-order valence-electron chi connectivity index (χ0n) is 15.2. The highest BCUT2D eigenvalue weighted by Gasteiger charge is 2.56. The third-order valence-electron chi connectivity index (χ3n) is 5.13. The molecule has 0 amide bonds. The molecule has 1 saturated heterocycles. The summed E-state index contributed by atoms with van der Waals surface area (Å²) < 4.78 is 24.8. The van der Waals surface area contributed by atoms with E-state index in [0.717, 1.165) is 12.8 Å². The maximum Gasteiger partial charge on any atom is 0.319 e. The summed E-state index contributed by atoms with van der Waals surface area (Å²) in [5.74, 6) is 1.41. The number of halogens is 1. The topological polar surface area (TPSA) is 99.3 Å². The van der Waals surface area contributed by atoms with E-state index >= 15 is 0 Å². The second kappa shape index (κ2) is 6.64. The summed E-state index contributed by atoms with van der Waals surface area (Å²) in [6.45, 7) is 0.991. The van der Waals surface area contributed by atoms with Crippen LogP contribution in [-0.4, -0.2) is 53.4 Å². The van der Waals surface area contributed by atoms with Crippen molar-refractivity contribution >= 4 is 11.9 Å². The molecule has 1 saturated carbocycles. The summed E-state index contributed by atoms with van der Waals surface area (Å²) in [4.78, 5) is 19.3. The molecule has 2 aromatic heterocycles. The third-order valence-corrected chi connectivity index (χ3v) is 5.13. The Labute approximate surface area is 156 Å². The fourth-order valence-corrected chi connectivity index (χ4v) is 3.43. The Morgan fingerprint density at radius 2 is 2.07 bits per heavy atom. The summed E-state index contributed by atoms with van der Waals surface area (Å²) in [6.07, 6.45) is 5.57. The Morgan fingerprint density at radius 1 is 1.26 bits per heavy atom. The van der Waals surface area contributed by atoms with Crippen molar-refractivity contribution in [3.8, 4) is 23.1 Å². The molecule has 3 heterocycles. The highest BCUT2D eigenvalue weighted by atomic mass is 19.1. The first-order valence-corrected chi connectivity index (χ1v) is 8.70. The van der Waals surface area contributed by atoms with Gasteiger partial charge in [-0.1, -0.05) is 0 Å². The van der Waals surface area contributed by atoms with E-state index in [2.05, 4.69) is 19.9 Å². The highest BCUT2D eigenvalue weighted by Crippen LogP contribution is 2.54. The monoisotopic (exact) mass is 372 g/mol. The van der Waals surface area contributed by atoms with Gasteiger partial charge in [0, 0.05) is 24.2 Å². The van der Waals surface area contributed by atoms with Crippen molar-refractivity contribution in [1.82, 2.24) is 19.9 Å². The van der Waals surface area contributed by atoms with Crippen molar-refractivity contribution in [3.05, 3.63) is 24.3 Å². The van der Waals surface area contributed by atoms with Crippen LogP contribution in [0.15, 0.2) is 18.5 Å². The lowest BCUT2D eigenvalue weighted by Gasteiger charge is -2.18. The number of nitrogens with two attached hydrogens (primary N) is 1. The predicted octanol–water partition coefficient (Wildman–Crippen LogP) is 1.82. The van der Waals surface area contributed by atoms with Crippen LogP contribution in [0.1, 0.15) is 18.7 Å². The van der Waals surface area contributed by atoms with Gasteiger partial charge in [-0.2, -0.15) is 4.98 Å². The Hall–Kier alpha value is -2.97. The molecule has 0 bridgehead atoms. The van der Waals surface area contributed by atoms with Gasteiger partial charge in [0.15, 0.2) is 5.82 Å². The van der Waals surface area contributed by atoms with Crippen molar-refractivity contribution in [1.29, 1.82) is 0 Å². The summed E-state index contributed by atoms with van der Waals surface area (Å²) in [5.41, 5.74) is 6.48. The van der Waals surface area contributed by atoms with Gasteiger partial charge in [0.1, 0.15) is 12.0 Å². The van der Waals surface area contributed by atoms with Crippen LogP contribution in [-0.2, 0) is 0 Å². The van der Waals surface area contributed by atoms with Crippen LogP contribution in [0, 0.1) is 5.41 Å². The predicted molar refractivity (Wildman–Crippen MR) is 98.2 cm³/mol. The number of hydrogen-bond acceptors (Lipinski definition) is 8. The Balaban J connectivity index is 1.76. The molecule has 0 radical (unpaired) electrons. The number of hydrogen-bond donors (Lipinski definition) is 1. The second-order valence-corrected chi connectivity index (χ2v) is 6.82. The number of aromatic nitrogens is 4. The van der Waals surface area contributed by atoms with E-state index in [9.17, 15) is 4.39 Å². The van der Waals surface area contributed by atoms with E-state index in [-0.39, 0.29) is 11.4 Å². The van der Waals surface area contributed by atoms with Gasteiger partial charge in [0.05, 0.1) is 32.0 Å². The summed E-state index contributed by atoms with van der Waals surface area (Å²) in [6, 6.07) is 2.00. The number of methoxy groups -OCH3 is 2. The molecule has 0 aromatic carbocycles. The molecule has 4 rings (SSSR count). The summed E-state index contributed by atoms with van der Waals surface area (Å²) in [5, 5.41) is 0. The smallest absolute Gasteiger partial charge is 0.319 e. The van der Waals surface area contributed by atoms with Gasteiger partial charge in [-0.3, -0.25) is 0 Å². The number of ether oxygens (including phenoxy) is 2. The lowest BCUT2D eigenvalue weighted by atomic mass is 10.1. The van der Waals surface area contributed by atoms with Crippen LogP contribution in [0.25, 0.3) is 17.3 Å². The molecule has 2 fully saturated rings. The molecule has 2 N–H and O–H groups in total. The lowest BCUT2D eigenvalue weighted by Crippen LogP contribution is -2.22. The van der Waals surface area contributed by atoms with Crippen LogP contribution >= 0.6 is 0 Å². The molecule has 1 spiro atoms. The number of alkyl halides is 1. The fraction of sp³-hybridized carbons (Fsp3) is 0.444. The second-order valence-electron chi connectivity index (χ2n) is 6.82. The molecule has 9 heteroatoms. The standard InChI is InChI=1S/C18H21FN6O2/c1-26-16-11(8-21-17(24-16)27-2)12-7-15(23-14(22-12)3-6-20)25-9-13(19)18(10-25)4-5-18/h3,6-8,13H,4-5,9-10,20H2,1-2H3. The van der Waals surface area contributed by atoms with Crippen molar-refractivity contribution in [2.75, 3.05) is 32.2 Å². The van der Waals surface area contributed by atoms with Gasteiger partial charge in [-0.15, -0.1) is 0 Å². The molecule has 1 atom stereocenters. The van der Waals surface area contributed by atoms with Crippen molar-refractivity contribution in [2.24, 2.45) is 11.1 Å². The first kappa shape index (κ1) is 17.4. The van der Waals surface area contributed by atoms with Crippen LogP contribution in [0.3, 0.4) is 0 Å². The van der Waals surface area contributed by atoms with Crippen molar-refractivity contribution < 1.29 is 13.9 Å². The lowest BCUT2D eigenvalue weighted by molar-refractivity contribution is 0.267. The van der Waals surface area contributed by atoms with E-state index in [0.29, 0.717) is 41.9 Å². The van der Waals surface area contributed by atoms with E-state index in [1.165, 1.54) is 20.4 Å². The Morgan fingerprint density at radius 3 is 2.70 bits per heavy atom. The van der Waals surface area contributed by atoms with Gasteiger partial charge in [0.25, 0.3) is 0 Å². The molecule has 1 aliphatic carbocycles.